The van der Waals surface area contributed by atoms with Gasteiger partial charge in [-0.05, 0) is 52.7 Å². The molecule has 2 nitrogen and oxygen atoms in total. The number of benzene rings is 2. The molecule has 5 heteroatoms. The Morgan fingerprint density at radius 3 is 2.74 bits per heavy atom. The van der Waals surface area contributed by atoms with E-state index in [1.165, 1.54) is 0 Å². The van der Waals surface area contributed by atoms with Crippen LogP contribution < -0.4 is 0 Å². The van der Waals surface area contributed by atoms with Crippen LogP contribution in [-0.2, 0) is 0 Å². The molecule has 0 radical (unpaired) electrons. The minimum Gasteiger partial charge on any atom is -0.506 e. The van der Waals surface area contributed by atoms with Crippen molar-refractivity contribution in [2.75, 3.05) is 0 Å². The van der Waals surface area contributed by atoms with E-state index in [-0.39, 0.29) is 5.75 Å². The van der Waals surface area contributed by atoms with Crippen molar-refractivity contribution < 1.29 is 5.11 Å². The van der Waals surface area contributed by atoms with Crippen LogP contribution in [-0.4, -0.2) is 11.3 Å². The number of hydrogen-bond donors (Lipinski definition) is 1. The molecule has 0 aromatic heterocycles. The van der Waals surface area contributed by atoms with Crippen LogP contribution >= 0.6 is 39.1 Å². The predicted molar refractivity (Wildman–Crippen MR) is 84.3 cm³/mol. The van der Waals surface area contributed by atoms with Gasteiger partial charge < -0.3 is 5.11 Å². The molecular weight excluding hydrogens is 349 g/mol. The Balaban J connectivity index is 2.41. The normalized spacial score (nSPS) is 11.2. The van der Waals surface area contributed by atoms with Crippen LogP contribution in [0.15, 0.2) is 39.8 Å². The first kappa shape index (κ1) is 14.4. The summed E-state index contributed by atoms with van der Waals surface area (Å²) >= 11 is 15.2. The first-order valence-electron chi connectivity index (χ1n) is 5.46. The zero-order valence-electron chi connectivity index (χ0n) is 9.99. The quantitative estimate of drug-likeness (QED) is 0.704. The molecule has 0 bridgehead atoms. The molecule has 0 aliphatic heterocycles. The number of aromatic hydroxyl groups is 1. The largest absolute Gasteiger partial charge is 0.506 e. The summed E-state index contributed by atoms with van der Waals surface area (Å²) in [7, 11) is 0. The molecule has 0 fully saturated rings. The van der Waals surface area contributed by atoms with Gasteiger partial charge in [-0.3, -0.25) is 4.99 Å². The van der Waals surface area contributed by atoms with Crippen molar-refractivity contribution in [3.8, 4) is 5.75 Å². The molecule has 0 aliphatic rings. The second-order valence-corrected chi connectivity index (χ2v) is 5.66. The second-order valence-electron chi connectivity index (χ2n) is 4.02. The van der Waals surface area contributed by atoms with Crippen molar-refractivity contribution in [2.24, 2.45) is 4.99 Å². The molecule has 0 saturated carbocycles. The Morgan fingerprint density at radius 1 is 1.26 bits per heavy atom. The number of aryl methyl sites for hydroxylation is 1. The van der Waals surface area contributed by atoms with Crippen molar-refractivity contribution in [2.45, 2.75) is 6.92 Å². The number of aliphatic imine (C=N–C) groups is 1. The zero-order chi connectivity index (χ0) is 14.0. The van der Waals surface area contributed by atoms with E-state index in [1.807, 2.05) is 19.1 Å². The minimum atomic E-state index is 0.146. The summed E-state index contributed by atoms with van der Waals surface area (Å²) in [5.74, 6) is 0.146. The number of hydrogen-bond acceptors (Lipinski definition) is 2. The highest BCUT2D eigenvalue weighted by Crippen LogP contribution is 2.33. The van der Waals surface area contributed by atoms with Crippen LogP contribution in [0.1, 0.15) is 11.1 Å². The van der Waals surface area contributed by atoms with Crippen LogP contribution in [0.2, 0.25) is 10.0 Å². The van der Waals surface area contributed by atoms with Gasteiger partial charge in [-0.1, -0.05) is 29.3 Å². The van der Waals surface area contributed by atoms with E-state index in [9.17, 15) is 5.11 Å². The fourth-order valence-corrected chi connectivity index (χ4v) is 2.53. The maximum Gasteiger partial charge on any atom is 0.138 e. The summed E-state index contributed by atoms with van der Waals surface area (Å²) in [5, 5.41) is 10.8. The highest BCUT2D eigenvalue weighted by atomic mass is 79.9. The number of phenolic OH excluding ortho intramolecular Hbond substituents is 1. The fraction of sp³-hybridized carbons (Fsp3) is 0.0714. The average Bonchev–Trinajstić information content (AvgIpc) is 2.36. The molecule has 98 valence electrons. The van der Waals surface area contributed by atoms with Gasteiger partial charge in [-0.25, -0.2) is 0 Å². The number of phenols is 1. The van der Waals surface area contributed by atoms with Gasteiger partial charge in [0, 0.05) is 11.8 Å². The van der Waals surface area contributed by atoms with E-state index in [0.29, 0.717) is 25.8 Å². The highest BCUT2D eigenvalue weighted by Gasteiger charge is 2.06. The Hall–Kier alpha value is -1.03. The molecule has 19 heavy (non-hydrogen) atoms. The lowest BCUT2D eigenvalue weighted by Crippen LogP contribution is -1.86. The molecule has 0 atom stereocenters. The van der Waals surface area contributed by atoms with E-state index < -0.39 is 0 Å². The Morgan fingerprint density at radius 2 is 2.00 bits per heavy atom. The van der Waals surface area contributed by atoms with E-state index >= 15 is 0 Å². The molecule has 2 rings (SSSR count). The van der Waals surface area contributed by atoms with Gasteiger partial charge in [0.15, 0.2) is 0 Å². The third-order valence-electron chi connectivity index (χ3n) is 2.51. The summed E-state index contributed by atoms with van der Waals surface area (Å²) in [6.07, 6.45) is 1.56. The van der Waals surface area contributed by atoms with Gasteiger partial charge in [0.25, 0.3) is 0 Å². The minimum absolute atomic E-state index is 0.146. The lowest BCUT2D eigenvalue weighted by molar-refractivity contribution is 0.471. The molecule has 0 unspecified atom stereocenters. The van der Waals surface area contributed by atoms with Gasteiger partial charge >= 0.3 is 0 Å². The highest BCUT2D eigenvalue weighted by molar-refractivity contribution is 9.10. The molecule has 0 aliphatic carbocycles. The van der Waals surface area contributed by atoms with Crippen molar-refractivity contribution in [1.82, 2.24) is 0 Å². The van der Waals surface area contributed by atoms with Gasteiger partial charge in [-0.15, -0.1) is 0 Å². The fourth-order valence-electron chi connectivity index (χ4n) is 1.59. The second kappa shape index (κ2) is 5.95. The van der Waals surface area contributed by atoms with E-state index in [4.69, 9.17) is 23.2 Å². The average molecular weight is 359 g/mol. The summed E-state index contributed by atoms with van der Waals surface area (Å²) in [5.41, 5.74) is 2.19. The lowest BCUT2D eigenvalue weighted by Gasteiger charge is -2.04. The maximum atomic E-state index is 9.93. The summed E-state index contributed by atoms with van der Waals surface area (Å²) in [4.78, 5) is 4.26. The van der Waals surface area contributed by atoms with Gasteiger partial charge in [0.1, 0.15) is 5.75 Å². The number of halogens is 3. The Bertz CT molecular complexity index is 656. The van der Waals surface area contributed by atoms with Crippen molar-refractivity contribution in [1.29, 1.82) is 0 Å². The Labute approximate surface area is 129 Å². The maximum absolute atomic E-state index is 9.93. The molecule has 0 amide bonds. The topological polar surface area (TPSA) is 32.6 Å². The molecule has 1 N–H and O–H groups in total. The smallest absolute Gasteiger partial charge is 0.138 e. The Kier molecular flexibility index (Phi) is 4.50. The summed E-state index contributed by atoms with van der Waals surface area (Å²) in [6.45, 7) is 1.94. The summed E-state index contributed by atoms with van der Waals surface area (Å²) in [6, 6.07) is 8.89. The SMILES string of the molecule is Cc1cc(Br)c(O)c(C=Nc2cccc(Cl)c2Cl)c1. The third kappa shape index (κ3) is 3.30. The van der Waals surface area contributed by atoms with E-state index in [0.717, 1.165) is 5.56 Å². The molecule has 2 aromatic carbocycles. The van der Waals surface area contributed by atoms with Crippen molar-refractivity contribution in [3.05, 3.63) is 56.0 Å². The van der Waals surface area contributed by atoms with Crippen LogP contribution in [0.5, 0.6) is 5.75 Å². The van der Waals surface area contributed by atoms with Crippen LogP contribution in [0.3, 0.4) is 0 Å². The van der Waals surface area contributed by atoms with Crippen LogP contribution in [0, 0.1) is 6.92 Å². The summed E-state index contributed by atoms with van der Waals surface area (Å²) < 4.78 is 0.631. The molecular formula is C14H10BrCl2NO. The molecule has 0 spiro atoms. The first-order chi connectivity index (χ1) is 8.99. The van der Waals surface area contributed by atoms with Crippen LogP contribution in [0.4, 0.5) is 5.69 Å². The van der Waals surface area contributed by atoms with E-state index in [1.54, 1.807) is 24.4 Å². The predicted octanol–water partition coefficient (Wildman–Crippen LogP) is 5.52. The van der Waals surface area contributed by atoms with Crippen LogP contribution in [0.25, 0.3) is 0 Å². The van der Waals surface area contributed by atoms with E-state index in [2.05, 4.69) is 20.9 Å². The van der Waals surface area contributed by atoms with Gasteiger partial charge in [-0.2, -0.15) is 0 Å². The van der Waals surface area contributed by atoms with Gasteiger partial charge in [0.2, 0.25) is 0 Å². The molecule has 2 aromatic rings. The van der Waals surface area contributed by atoms with Crippen molar-refractivity contribution in [3.63, 3.8) is 0 Å². The number of rotatable bonds is 2. The monoisotopic (exact) mass is 357 g/mol. The standard InChI is InChI=1S/C14H10BrCl2NO/c1-8-5-9(14(19)10(15)6-8)7-18-12-4-2-3-11(16)13(12)17/h2-7,19H,1H3. The molecule has 0 heterocycles. The number of nitrogens with zero attached hydrogens (tertiary/aromatic N) is 1. The third-order valence-corrected chi connectivity index (χ3v) is 3.92. The molecule has 0 saturated heterocycles. The first-order valence-corrected chi connectivity index (χ1v) is 7.01. The van der Waals surface area contributed by atoms with Gasteiger partial charge in [0.05, 0.1) is 20.2 Å². The zero-order valence-corrected chi connectivity index (χ0v) is 13.1. The lowest BCUT2D eigenvalue weighted by atomic mass is 10.1. The van der Waals surface area contributed by atoms with Crippen molar-refractivity contribution >= 4 is 51.0 Å².